The Kier molecular flexibility index (Phi) is 5.96. The van der Waals surface area contributed by atoms with Crippen molar-refractivity contribution in [1.29, 1.82) is 0 Å². The number of thiazole rings is 1. The van der Waals surface area contributed by atoms with Gasteiger partial charge in [-0.2, -0.15) is 0 Å². The molecule has 3 heterocycles. The molecular weight excluding hydrogens is 408 g/mol. The van der Waals surface area contributed by atoms with Crippen LogP contribution in [0.15, 0.2) is 17.5 Å². The molecule has 1 atom stereocenters. The van der Waals surface area contributed by atoms with E-state index in [0.717, 1.165) is 28.3 Å². The Labute approximate surface area is 177 Å². The molecule has 3 amide bonds. The van der Waals surface area contributed by atoms with E-state index in [1.165, 1.54) is 31.1 Å². The minimum atomic E-state index is -0.304. The molecule has 1 aliphatic heterocycles. The number of nitrogens with zero attached hydrogens (tertiary/aromatic N) is 2. The molecule has 7 nitrogen and oxygen atoms in total. The third-order valence-electron chi connectivity index (χ3n) is 5.45. The molecule has 1 saturated heterocycles. The molecular formula is C20H24N4O3S2. The van der Waals surface area contributed by atoms with Gasteiger partial charge in [-0.25, -0.2) is 4.98 Å². The summed E-state index contributed by atoms with van der Waals surface area (Å²) in [6.07, 6.45) is 4.74. The standard InChI is InChI=1S/C20H24N4O3S2/c1-12(25)21-9-15-6-7-17(29-15)16-11-28-20(22-16)23-19(27)13-8-18(26)24(10-13)14-4-2-3-5-14/h6-7,11,13-14H,2-5,8-10H2,1H3,(H,21,25)(H,22,23,27). The maximum atomic E-state index is 12.7. The van der Waals surface area contributed by atoms with E-state index in [9.17, 15) is 14.4 Å². The molecule has 0 spiro atoms. The highest BCUT2D eigenvalue weighted by Gasteiger charge is 2.38. The maximum absolute atomic E-state index is 12.7. The fraction of sp³-hybridized carbons (Fsp3) is 0.500. The molecule has 0 aromatic carbocycles. The molecule has 1 unspecified atom stereocenters. The number of carbonyl (C=O) groups excluding carboxylic acids is 3. The molecule has 2 aromatic rings. The lowest BCUT2D eigenvalue weighted by molar-refractivity contribution is -0.130. The van der Waals surface area contributed by atoms with Gasteiger partial charge in [0.1, 0.15) is 0 Å². The van der Waals surface area contributed by atoms with Crippen LogP contribution in [0.4, 0.5) is 5.13 Å². The third kappa shape index (κ3) is 4.67. The van der Waals surface area contributed by atoms with Gasteiger partial charge in [0.25, 0.3) is 0 Å². The Morgan fingerprint density at radius 1 is 1.28 bits per heavy atom. The average molecular weight is 433 g/mol. The Morgan fingerprint density at radius 3 is 2.83 bits per heavy atom. The zero-order valence-corrected chi connectivity index (χ0v) is 17.9. The summed E-state index contributed by atoms with van der Waals surface area (Å²) in [6, 6.07) is 4.25. The molecule has 9 heteroatoms. The molecule has 29 heavy (non-hydrogen) atoms. The van der Waals surface area contributed by atoms with Gasteiger partial charge in [0.15, 0.2) is 5.13 Å². The van der Waals surface area contributed by atoms with Crippen LogP contribution in [0.3, 0.4) is 0 Å². The van der Waals surface area contributed by atoms with Crippen LogP contribution in [0.25, 0.3) is 10.6 Å². The summed E-state index contributed by atoms with van der Waals surface area (Å²) in [4.78, 5) is 44.5. The fourth-order valence-corrected chi connectivity index (χ4v) is 5.65. The van der Waals surface area contributed by atoms with Crippen LogP contribution in [-0.4, -0.2) is 40.2 Å². The summed E-state index contributed by atoms with van der Waals surface area (Å²) in [5.74, 6) is -0.392. The van der Waals surface area contributed by atoms with Crippen molar-refractivity contribution in [2.75, 3.05) is 11.9 Å². The molecule has 1 aliphatic carbocycles. The van der Waals surface area contributed by atoms with E-state index in [2.05, 4.69) is 15.6 Å². The number of rotatable bonds is 6. The highest BCUT2D eigenvalue weighted by atomic mass is 32.1. The van der Waals surface area contributed by atoms with Crippen molar-refractivity contribution < 1.29 is 14.4 Å². The number of nitrogens with one attached hydrogen (secondary N) is 2. The van der Waals surface area contributed by atoms with Crippen molar-refractivity contribution in [2.24, 2.45) is 5.92 Å². The first-order valence-corrected chi connectivity index (χ1v) is 11.6. The molecule has 2 N–H and O–H groups in total. The number of amides is 3. The first kappa shape index (κ1) is 20.0. The molecule has 4 rings (SSSR count). The van der Waals surface area contributed by atoms with E-state index in [4.69, 9.17) is 0 Å². The highest BCUT2D eigenvalue weighted by Crippen LogP contribution is 2.32. The van der Waals surface area contributed by atoms with Crippen LogP contribution in [0.1, 0.15) is 43.9 Å². The van der Waals surface area contributed by atoms with E-state index in [0.29, 0.717) is 24.3 Å². The largest absolute Gasteiger partial charge is 0.351 e. The number of likely N-dealkylation sites (tertiary alicyclic amines) is 1. The van der Waals surface area contributed by atoms with Gasteiger partial charge in [0.2, 0.25) is 17.7 Å². The van der Waals surface area contributed by atoms with Crippen LogP contribution in [-0.2, 0) is 20.9 Å². The highest BCUT2D eigenvalue weighted by molar-refractivity contribution is 7.17. The van der Waals surface area contributed by atoms with Gasteiger partial charge >= 0.3 is 0 Å². The Hall–Kier alpha value is -2.26. The van der Waals surface area contributed by atoms with E-state index >= 15 is 0 Å². The van der Waals surface area contributed by atoms with Crippen molar-refractivity contribution in [3.05, 3.63) is 22.4 Å². The predicted molar refractivity (Wildman–Crippen MR) is 114 cm³/mol. The van der Waals surface area contributed by atoms with Crippen LogP contribution >= 0.6 is 22.7 Å². The van der Waals surface area contributed by atoms with E-state index < -0.39 is 0 Å². The second kappa shape index (κ2) is 8.62. The Bertz CT molecular complexity index is 916. The van der Waals surface area contributed by atoms with Gasteiger partial charge in [0, 0.05) is 36.2 Å². The maximum Gasteiger partial charge on any atom is 0.231 e. The van der Waals surface area contributed by atoms with Crippen LogP contribution in [0.5, 0.6) is 0 Å². The summed E-state index contributed by atoms with van der Waals surface area (Å²) in [5, 5.41) is 8.13. The summed E-state index contributed by atoms with van der Waals surface area (Å²) < 4.78 is 0. The normalized spacial score (nSPS) is 19.7. The molecule has 0 radical (unpaired) electrons. The van der Waals surface area contributed by atoms with E-state index in [1.807, 2.05) is 22.4 Å². The molecule has 0 bridgehead atoms. The molecule has 2 fully saturated rings. The van der Waals surface area contributed by atoms with Gasteiger partial charge in [-0.15, -0.1) is 22.7 Å². The summed E-state index contributed by atoms with van der Waals surface area (Å²) in [7, 11) is 0. The zero-order chi connectivity index (χ0) is 20.4. The van der Waals surface area contributed by atoms with Crippen molar-refractivity contribution in [1.82, 2.24) is 15.2 Å². The number of hydrogen-bond donors (Lipinski definition) is 2. The number of hydrogen-bond acceptors (Lipinski definition) is 6. The quantitative estimate of drug-likeness (QED) is 0.733. The Morgan fingerprint density at radius 2 is 2.07 bits per heavy atom. The number of aromatic nitrogens is 1. The average Bonchev–Trinajstić information content (AvgIpc) is 3.46. The molecule has 2 aliphatic rings. The smallest absolute Gasteiger partial charge is 0.231 e. The number of anilines is 1. The molecule has 1 saturated carbocycles. The summed E-state index contributed by atoms with van der Waals surface area (Å²) in [5.41, 5.74) is 0.805. The van der Waals surface area contributed by atoms with Crippen LogP contribution < -0.4 is 10.6 Å². The second-order valence-electron chi connectivity index (χ2n) is 7.59. The number of carbonyl (C=O) groups is 3. The topological polar surface area (TPSA) is 91.4 Å². The minimum absolute atomic E-state index is 0.0597. The monoisotopic (exact) mass is 432 g/mol. The van der Waals surface area contributed by atoms with Crippen molar-refractivity contribution in [3.63, 3.8) is 0 Å². The van der Waals surface area contributed by atoms with Crippen molar-refractivity contribution in [3.8, 4) is 10.6 Å². The zero-order valence-electron chi connectivity index (χ0n) is 16.3. The van der Waals surface area contributed by atoms with E-state index in [-0.39, 0.29) is 30.1 Å². The lowest BCUT2D eigenvalue weighted by atomic mass is 10.1. The molecule has 154 valence electrons. The first-order valence-electron chi connectivity index (χ1n) is 9.89. The summed E-state index contributed by atoms with van der Waals surface area (Å²) >= 11 is 2.95. The number of thiophene rings is 1. The SMILES string of the molecule is CC(=O)NCc1ccc(-c2csc(NC(=O)C3CC(=O)N(C4CCCC4)C3)n2)s1. The van der Waals surface area contributed by atoms with Crippen molar-refractivity contribution in [2.45, 2.75) is 51.6 Å². The van der Waals surface area contributed by atoms with Gasteiger partial charge in [0.05, 0.1) is 23.0 Å². The van der Waals surface area contributed by atoms with Crippen molar-refractivity contribution >= 4 is 45.5 Å². The molecule has 2 aromatic heterocycles. The van der Waals surface area contributed by atoms with E-state index in [1.54, 1.807) is 11.3 Å². The lowest BCUT2D eigenvalue weighted by Gasteiger charge is -2.23. The van der Waals surface area contributed by atoms with Gasteiger partial charge in [-0.3, -0.25) is 14.4 Å². The summed E-state index contributed by atoms with van der Waals surface area (Å²) in [6.45, 7) is 2.51. The second-order valence-corrected chi connectivity index (χ2v) is 9.61. The van der Waals surface area contributed by atoms with Crippen LogP contribution in [0, 0.1) is 5.92 Å². The Balaban J connectivity index is 1.35. The van der Waals surface area contributed by atoms with Gasteiger partial charge in [-0.05, 0) is 25.0 Å². The first-order chi connectivity index (χ1) is 14.0. The fourth-order valence-electron chi connectivity index (χ4n) is 3.95. The third-order valence-corrected chi connectivity index (χ3v) is 7.32. The van der Waals surface area contributed by atoms with Crippen LogP contribution in [0.2, 0.25) is 0 Å². The predicted octanol–water partition coefficient (Wildman–Crippen LogP) is 3.24. The minimum Gasteiger partial charge on any atom is -0.351 e. The van der Waals surface area contributed by atoms with Gasteiger partial charge < -0.3 is 15.5 Å². The lowest BCUT2D eigenvalue weighted by Crippen LogP contribution is -2.35. The van der Waals surface area contributed by atoms with Gasteiger partial charge in [-0.1, -0.05) is 12.8 Å².